The summed E-state index contributed by atoms with van der Waals surface area (Å²) in [6, 6.07) is 95.2. The van der Waals surface area contributed by atoms with Crippen LogP contribution in [0.5, 0.6) is 0 Å². The Kier molecular flexibility index (Phi) is 12.6. The average Bonchev–Trinajstić information content (AvgIpc) is 4.12. The second-order valence-corrected chi connectivity index (χ2v) is 20.4. The first-order valence-electron chi connectivity index (χ1n) is 26.8. The highest BCUT2D eigenvalue weighted by Gasteiger charge is 2.45. The Balaban J connectivity index is 0.681. The third kappa shape index (κ3) is 9.12. The van der Waals surface area contributed by atoms with Gasteiger partial charge < -0.3 is 4.90 Å². The fourth-order valence-corrected chi connectivity index (χ4v) is 12.0. The number of rotatable bonds is 12. The molecule has 0 aromatic heterocycles. The van der Waals surface area contributed by atoms with Crippen molar-refractivity contribution in [3.8, 4) is 44.5 Å². The summed E-state index contributed by atoms with van der Waals surface area (Å²) in [5.74, 6) is 0. The van der Waals surface area contributed by atoms with Gasteiger partial charge in [-0.3, -0.25) is 0 Å². The number of nitrogens with zero attached hydrogens (tertiary/aromatic N) is 1. The van der Waals surface area contributed by atoms with Crippen LogP contribution >= 0.6 is 0 Å². The van der Waals surface area contributed by atoms with Crippen molar-refractivity contribution in [2.24, 2.45) is 0 Å². The summed E-state index contributed by atoms with van der Waals surface area (Å²) in [6.45, 7) is 0. The number of benzene rings is 11. The van der Waals surface area contributed by atoms with Gasteiger partial charge in [-0.15, -0.1) is 0 Å². The molecule has 0 saturated heterocycles. The van der Waals surface area contributed by atoms with Crippen molar-refractivity contribution in [1.29, 1.82) is 0 Å². The number of hydrogen-bond acceptors (Lipinski definition) is 1. The maximum absolute atomic E-state index is 2.50. The minimum atomic E-state index is 0.0466. The summed E-state index contributed by atoms with van der Waals surface area (Å²) in [4.78, 5) is 2.40. The largest absolute Gasteiger partial charge is 0.310 e. The molecule has 11 aromatic carbocycles. The molecule has 0 radical (unpaired) electrons. The lowest BCUT2D eigenvalue weighted by Crippen LogP contribution is -2.21. The van der Waals surface area contributed by atoms with Crippen LogP contribution in [0.15, 0.2) is 261 Å². The topological polar surface area (TPSA) is 3.24 Å². The summed E-state index contributed by atoms with van der Waals surface area (Å²) in [6.07, 6.45) is 18.2. The number of hydrogen-bond donors (Lipinski definition) is 0. The van der Waals surface area contributed by atoms with E-state index in [4.69, 9.17) is 0 Å². The third-order valence-corrected chi connectivity index (χ3v) is 15.8. The van der Waals surface area contributed by atoms with Gasteiger partial charge in [-0.1, -0.05) is 268 Å². The summed E-state index contributed by atoms with van der Waals surface area (Å²) in [5.41, 5.74) is 23.9. The molecule has 13 rings (SSSR count). The van der Waals surface area contributed by atoms with Gasteiger partial charge in [0, 0.05) is 22.5 Å². The smallest absolute Gasteiger partial charge is 0.0465 e. The van der Waals surface area contributed by atoms with E-state index in [1.54, 1.807) is 0 Å². The molecule has 1 heteroatoms. The van der Waals surface area contributed by atoms with Crippen molar-refractivity contribution in [3.63, 3.8) is 0 Å². The Morgan fingerprint density at radius 1 is 0.276 bits per heavy atom. The van der Waals surface area contributed by atoms with Crippen LogP contribution in [0.1, 0.15) is 70.2 Å². The zero-order valence-electron chi connectivity index (χ0n) is 42.6. The lowest BCUT2D eigenvalue weighted by atomic mass is 9.76. The van der Waals surface area contributed by atoms with Crippen molar-refractivity contribution < 1.29 is 0 Å². The average molecular weight is 972 g/mol. The van der Waals surface area contributed by atoms with Crippen molar-refractivity contribution in [2.75, 3.05) is 4.90 Å². The Morgan fingerprint density at radius 2 is 0.671 bits per heavy atom. The van der Waals surface area contributed by atoms with Crippen LogP contribution < -0.4 is 4.90 Å². The molecule has 0 unspecified atom stereocenters. The van der Waals surface area contributed by atoms with Gasteiger partial charge in [0.25, 0.3) is 0 Å². The zero-order chi connectivity index (χ0) is 50.7. The number of fused-ring (bicyclic) bond motifs is 6. The van der Waals surface area contributed by atoms with Gasteiger partial charge in [-0.25, -0.2) is 0 Å². The molecule has 0 atom stereocenters. The normalized spacial score (nSPS) is 13.5. The molecule has 0 heterocycles. The quantitative estimate of drug-likeness (QED) is 0.110. The second kappa shape index (κ2) is 20.5. The Bertz CT molecular complexity index is 3880. The maximum atomic E-state index is 2.50. The molecule has 1 saturated carbocycles. The van der Waals surface area contributed by atoms with Gasteiger partial charge in [-0.2, -0.15) is 0 Å². The first-order valence-corrected chi connectivity index (χ1v) is 26.8. The Morgan fingerprint density at radius 3 is 1.20 bits per heavy atom. The molecule has 1 fully saturated rings. The van der Waals surface area contributed by atoms with E-state index < -0.39 is 0 Å². The fourth-order valence-electron chi connectivity index (χ4n) is 12.0. The van der Waals surface area contributed by atoms with Crippen LogP contribution in [-0.2, 0) is 5.41 Å². The first kappa shape index (κ1) is 46.5. The van der Waals surface area contributed by atoms with E-state index in [1.807, 2.05) is 0 Å². The van der Waals surface area contributed by atoms with Gasteiger partial charge in [0.15, 0.2) is 0 Å². The Hall–Kier alpha value is -9.30. The van der Waals surface area contributed by atoms with E-state index in [0.29, 0.717) is 0 Å². The van der Waals surface area contributed by atoms with E-state index in [-0.39, 0.29) is 5.41 Å². The van der Waals surface area contributed by atoms with Crippen molar-refractivity contribution >= 4 is 64.3 Å². The van der Waals surface area contributed by atoms with Crippen LogP contribution in [0.25, 0.3) is 91.7 Å². The van der Waals surface area contributed by atoms with E-state index in [2.05, 4.69) is 302 Å². The molecule has 2 aliphatic carbocycles. The van der Waals surface area contributed by atoms with Gasteiger partial charge in [0.05, 0.1) is 0 Å². The second-order valence-electron chi connectivity index (χ2n) is 20.4. The Labute approximate surface area is 447 Å². The molecule has 0 N–H and O–H groups in total. The molecule has 2 aliphatic rings. The predicted molar refractivity (Wildman–Crippen MR) is 326 cm³/mol. The van der Waals surface area contributed by atoms with Crippen molar-refractivity contribution in [1.82, 2.24) is 0 Å². The summed E-state index contributed by atoms with van der Waals surface area (Å²) < 4.78 is 0. The zero-order valence-corrected chi connectivity index (χ0v) is 42.6. The highest BCUT2D eigenvalue weighted by atomic mass is 15.1. The molecule has 11 aromatic rings. The molecule has 76 heavy (non-hydrogen) atoms. The first-order chi connectivity index (χ1) is 37.6. The summed E-state index contributed by atoms with van der Waals surface area (Å²) >= 11 is 0. The van der Waals surface area contributed by atoms with Gasteiger partial charge in [0.1, 0.15) is 0 Å². The summed E-state index contributed by atoms with van der Waals surface area (Å²) in [7, 11) is 0. The number of anilines is 3. The molecule has 1 nitrogen and oxygen atoms in total. The number of para-hydroxylation sites is 2. The van der Waals surface area contributed by atoms with Crippen LogP contribution in [0, 0.1) is 0 Å². The molecule has 0 amide bonds. The van der Waals surface area contributed by atoms with Crippen LogP contribution in [0.4, 0.5) is 17.1 Å². The monoisotopic (exact) mass is 971 g/mol. The van der Waals surface area contributed by atoms with Crippen LogP contribution in [0.2, 0.25) is 0 Å². The highest BCUT2D eigenvalue weighted by molar-refractivity contribution is 6.10. The molecular formula is C75H57N. The van der Waals surface area contributed by atoms with Crippen molar-refractivity contribution in [3.05, 3.63) is 305 Å². The predicted octanol–water partition coefficient (Wildman–Crippen LogP) is 20.7. The van der Waals surface area contributed by atoms with E-state index in [1.165, 1.54) is 137 Å². The van der Waals surface area contributed by atoms with Gasteiger partial charge in [0.2, 0.25) is 0 Å². The SMILES string of the molecule is C(=C\c1ccc(/C=C/c2ccc3c(c2)C2(CCCC2)c2cc(N(c4ccccc4)c4ccccc4)ccc2-3)cc1)/c1ccc(/C=C/c2ccc(-c3cc(-c4ccccc4)c4ccccc4c3-c3ccccc3)cc2)cc1. The lowest BCUT2D eigenvalue weighted by Gasteiger charge is -2.30. The summed E-state index contributed by atoms with van der Waals surface area (Å²) in [5, 5.41) is 2.52. The lowest BCUT2D eigenvalue weighted by molar-refractivity contribution is 0.550. The van der Waals surface area contributed by atoms with E-state index in [0.717, 1.165) is 5.56 Å². The van der Waals surface area contributed by atoms with E-state index >= 15 is 0 Å². The molecular weight excluding hydrogens is 915 g/mol. The molecule has 0 aliphatic heterocycles. The van der Waals surface area contributed by atoms with E-state index in [9.17, 15) is 0 Å². The molecule has 1 spiro atoms. The molecule has 0 bridgehead atoms. The third-order valence-electron chi connectivity index (χ3n) is 15.8. The van der Waals surface area contributed by atoms with Gasteiger partial charge in [-0.05, 0) is 155 Å². The van der Waals surface area contributed by atoms with Gasteiger partial charge >= 0.3 is 0 Å². The molecule has 362 valence electrons. The highest BCUT2D eigenvalue weighted by Crippen LogP contribution is 2.58. The van der Waals surface area contributed by atoms with Crippen LogP contribution in [0.3, 0.4) is 0 Å². The fraction of sp³-hybridized carbons (Fsp3) is 0.0667. The van der Waals surface area contributed by atoms with Crippen LogP contribution in [-0.4, -0.2) is 0 Å². The standard InChI is InChI=1S/C75H57N/c1-5-17-60(18-6-1)70-53-71(74(62-19-7-2-8-20-62)69-26-14-13-25-66(69)70)61-44-41-58(42-45-61)38-37-56-31-29-54(30-32-56)27-28-55-33-35-57(36-34-55)39-40-59-43-47-67-68-48-46-65(52-73(68)75(72(67)51-59)49-15-16-50-75)76(63-21-9-3-10-22-63)64-23-11-4-12-24-64/h1-14,17-48,51-53H,15-16,49-50H2/b28-27+,38-37+,40-39+. The minimum absolute atomic E-state index is 0.0466. The minimum Gasteiger partial charge on any atom is -0.310 e. The van der Waals surface area contributed by atoms with Crippen molar-refractivity contribution in [2.45, 2.75) is 31.1 Å². The maximum Gasteiger partial charge on any atom is 0.0465 e.